The second-order valence-corrected chi connectivity index (χ2v) is 7.66. The SMILES string of the molecule is CCNC(=NCc1cccc(COC(C)C)c1)N1CCC(CC(=O)NC)CC1. The lowest BCUT2D eigenvalue weighted by Gasteiger charge is -2.34. The van der Waals surface area contributed by atoms with Crippen molar-refractivity contribution in [2.24, 2.45) is 10.9 Å². The van der Waals surface area contributed by atoms with E-state index in [-0.39, 0.29) is 12.0 Å². The molecule has 1 aliphatic rings. The average molecular weight is 389 g/mol. The third-order valence-corrected chi connectivity index (χ3v) is 4.99. The number of ether oxygens (including phenoxy) is 1. The van der Waals surface area contributed by atoms with Crippen LogP contribution in [-0.2, 0) is 22.7 Å². The molecule has 1 amide bonds. The number of carbonyl (C=O) groups excluding carboxylic acids is 1. The standard InChI is InChI=1S/C22H36N4O2/c1-5-24-22(26-11-9-18(10-12-26)14-21(27)23-4)25-15-19-7-6-8-20(13-19)16-28-17(2)3/h6-8,13,17-18H,5,9-12,14-16H2,1-4H3,(H,23,27)(H,24,25). The second kappa shape index (κ2) is 11.7. The van der Waals surface area contributed by atoms with Gasteiger partial charge in [-0.2, -0.15) is 0 Å². The van der Waals surface area contributed by atoms with Crippen LogP contribution in [-0.4, -0.2) is 49.6 Å². The average Bonchev–Trinajstić information content (AvgIpc) is 2.70. The van der Waals surface area contributed by atoms with Gasteiger partial charge in [0.1, 0.15) is 0 Å². The van der Waals surface area contributed by atoms with Crippen LogP contribution in [0.25, 0.3) is 0 Å². The molecular weight excluding hydrogens is 352 g/mol. The van der Waals surface area contributed by atoms with Crippen LogP contribution >= 0.6 is 0 Å². The number of benzene rings is 1. The molecule has 0 aliphatic carbocycles. The number of piperidine rings is 1. The van der Waals surface area contributed by atoms with Gasteiger partial charge in [-0.3, -0.25) is 4.79 Å². The van der Waals surface area contributed by atoms with Crippen LogP contribution in [0.1, 0.15) is 51.2 Å². The maximum Gasteiger partial charge on any atom is 0.220 e. The Hall–Kier alpha value is -2.08. The highest BCUT2D eigenvalue weighted by Crippen LogP contribution is 2.20. The van der Waals surface area contributed by atoms with E-state index in [0.717, 1.165) is 38.4 Å². The normalized spacial score (nSPS) is 15.8. The van der Waals surface area contributed by atoms with Gasteiger partial charge >= 0.3 is 0 Å². The maximum absolute atomic E-state index is 11.6. The van der Waals surface area contributed by atoms with E-state index < -0.39 is 0 Å². The number of guanidine groups is 1. The number of aliphatic imine (C=N–C) groups is 1. The number of likely N-dealkylation sites (tertiary alicyclic amines) is 1. The summed E-state index contributed by atoms with van der Waals surface area (Å²) in [5, 5.41) is 6.14. The van der Waals surface area contributed by atoms with Crippen molar-refractivity contribution in [1.29, 1.82) is 0 Å². The van der Waals surface area contributed by atoms with Crippen molar-refractivity contribution in [2.45, 2.75) is 59.3 Å². The lowest BCUT2D eigenvalue weighted by Crippen LogP contribution is -2.46. The number of hydrogen-bond donors (Lipinski definition) is 2. The van der Waals surface area contributed by atoms with E-state index in [1.54, 1.807) is 7.05 Å². The molecule has 0 unspecified atom stereocenters. The summed E-state index contributed by atoms with van der Waals surface area (Å²) in [5.41, 5.74) is 2.37. The van der Waals surface area contributed by atoms with Crippen molar-refractivity contribution in [3.8, 4) is 0 Å². The van der Waals surface area contributed by atoms with Gasteiger partial charge in [-0.1, -0.05) is 24.3 Å². The van der Waals surface area contributed by atoms with Gasteiger partial charge in [0, 0.05) is 33.1 Å². The van der Waals surface area contributed by atoms with Crippen molar-refractivity contribution in [1.82, 2.24) is 15.5 Å². The number of hydrogen-bond acceptors (Lipinski definition) is 3. The van der Waals surface area contributed by atoms with Crippen LogP contribution in [0.4, 0.5) is 0 Å². The molecule has 0 bridgehead atoms. The van der Waals surface area contributed by atoms with Gasteiger partial charge in [0.05, 0.1) is 19.3 Å². The van der Waals surface area contributed by atoms with Crippen LogP contribution in [0.5, 0.6) is 0 Å². The predicted octanol–water partition coefficient (Wildman–Crippen LogP) is 2.93. The molecule has 0 radical (unpaired) electrons. The van der Waals surface area contributed by atoms with Crippen LogP contribution in [0.2, 0.25) is 0 Å². The molecule has 2 rings (SSSR count). The Labute approximate surface area is 169 Å². The molecule has 2 N–H and O–H groups in total. The van der Waals surface area contributed by atoms with E-state index in [2.05, 4.69) is 60.6 Å². The molecule has 6 heteroatoms. The zero-order valence-corrected chi connectivity index (χ0v) is 17.8. The topological polar surface area (TPSA) is 66.0 Å². The van der Waals surface area contributed by atoms with Crippen molar-refractivity contribution in [3.63, 3.8) is 0 Å². The summed E-state index contributed by atoms with van der Waals surface area (Å²) in [4.78, 5) is 18.8. The highest BCUT2D eigenvalue weighted by atomic mass is 16.5. The molecule has 1 fully saturated rings. The summed E-state index contributed by atoms with van der Waals surface area (Å²) < 4.78 is 5.70. The molecule has 1 aromatic rings. The fourth-order valence-electron chi connectivity index (χ4n) is 3.39. The maximum atomic E-state index is 11.6. The minimum absolute atomic E-state index is 0.139. The molecule has 0 spiro atoms. The lowest BCUT2D eigenvalue weighted by molar-refractivity contribution is -0.121. The van der Waals surface area contributed by atoms with Crippen LogP contribution in [0.15, 0.2) is 29.3 Å². The molecule has 0 atom stereocenters. The van der Waals surface area contributed by atoms with Crippen molar-refractivity contribution >= 4 is 11.9 Å². The molecule has 1 heterocycles. The van der Waals surface area contributed by atoms with Gasteiger partial charge in [0.25, 0.3) is 0 Å². The van der Waals surface area contributed by atoms with Gasteiger partial charge in [0.2, 0.25) is 5.91 Å². The van der Waals surface area contributed by atoms with Crippen molar-refractivity contribution in [3.05, 3.63) is 35.4 Å². The first kappa shape index (κ1) is 22.2. The Morgan fingerprint density at radius 2 is 2.00 bits per heavy atom. The lowest BCUT2D eigenvalue weighted by atomic mass is 9.93. The van der Waals surface area contributed by atoms with Gasteiger partial charge in [0.15, 0.2) is 5.96 Å². The Morgan fingerprint density at radius 3 is 2.64 bits per heavy atom. The minimum Gasteiger partial charge on any atom is -0.374 e. The third kappa shape index (κ3) is 7.50. The molecule has 6 nitrogen and oxygen atoms in total. The van der Waals surface area contributed by atoms with E-state index in [4.69, 9.17) is 9.73 Å². The number of amides is 1. The zero-order valence-electron chi connectivity index (χ0n) is 17.8. The van der Waals surface area contributed by atoms with Crippen LogP contribution < -0.4 is 10.6 Å². The summed E-state index contributed by atoms with van der Waals surface area (Å²) in [6, 6.07) is 8.45. The minimum atomic E-state index is 0.139. The Bertz CT molecular complexity index is 637. The predicted molar refractivity (Wildman–Crippen MR) is 114 cm³/mol. The molecule has 156 valence electrons. The fourth-order valence-corrected chi connectivity index (χ4v) is 3.39. The number of carbonyl (C=O) groups is 1. The van der Waals surface area contributed by atoms with Crippen molar-refractivity contribution < 1.29 is 9.53 Å². The first-order chi connectivity index (χ1) is 13.5. The Balaban J connectivity index is 1.94. The van der Waals surface area contributed by atoms with E-state index in [1.807, 2.05) is 0 Å². The number of nitrogens with one attached hydrogen (secondary N) is 2. The first-order valence-electron chi connectivity index (χ1n) is 10.4. The van der Waals surface area contributed by atoms with E-state index in [1.165, 1.54) is 11.1 Å². The van der Waals surface area contributed by atoms with Crippen LogP contribution in [0, 0.1) is 5.92 Å². The number of nitrogens with zero attached hydrogens (tertiary/aromatic N) is 2. The number of rotatable bonds is 8. The third-order valence-electron chi connectivity index (χ3n) is 4.99. The molecule has 1 aromatic carbocycles. The Morgan fingerprint density at radius 1 is 1.29 bits per heavy atom. The molecule has 1 saturated heterocycles. The van der Waals surface area contributed by atoms with Gasteiger partial charge in [-0.25, -0.2) is 4.99 Å². The van der Waals surface area contributed by atoms with Gasteiger partial charge in [-0.05, 0) is 50.7 Å². The summed E-state index contributed by atoms with van der Waals surface area (Å²) >= 11 is 0. The Kier molecular flexibility index (Phi) is 9.28. The molecule has 0 saturated carbocycles. The van der Waals surface area contributed by atoms with Gasteiger partial charge in [-0.15, -0.1) is 0 Å². The van der Waals surface area contributed by atoms with Gasteiger partial charge < -0.3 is 20.3 Å². The van der Waals surface area contributed by atoms with E-state index in [9.17, 15) is 4.79 Å². The summed E-state index contributed by atoms with van der Waals surface area (Å²) in [5.74, 6) is 1.57. The second-order valence-electron chi connectivity index (χ2n) is 7.66. The smallest absolute Gasteiger partial charge is 0.220 e. The van der Waals surface area contributed by atoms with Crippen molar-refractivity contribution in [2.75, 3.05) is 26.7 Å². The molecular formula is C22H36N4O2. The fraction of sp³-hybridized carbons (Fsp3) is 0.636. The monoisotopic (exact) mass is 388 g/mol. The summed E-state index contributed by atoms with van der Waals surface area (Å²) in [6.45, 7) is 10.2. The molecule has 0 aromatic heterocycles. The van der Waals surface area contributed by atoms with E-state index in [0.29, 0.717) is 25.5 Å². The van der Waals surface area contributed by atoms with E-state index >= 15 is 0 Å². The largest absolute Gasteiger partial charge is 0.374 e. The molecule has 28 heavy (non-hydrogen) atoms. The molecule has 1 aliphatic heterocycles. The quantitative estimate of drug-likeness (QED) is 0.531. The summed E-state index contributed by atoms with van der Waals surface area (Å²) in [7, 11) is 1.71. The summed E-state index contributed by atoms with van der Waals surface area (Å²) in [6.07, 6.45) is 2.91. The zero-order chi connectivity index (χ0) is 20.4. The highest BCUT2D eigenvalue weighted by molar-refractivity contribution is 5.80. The highest BCUT2D eigenvalue weighted by Gasteiger charge is 2.23. The first-order valence-corrected chi connectivity index (χ1v) is 10.4. The van der Waals surface area contributed by atoms with Crippen LogP contribution in [0.3, 0.4) is 0 Å².